The number of rotatable bonds is 2. The first kappa shape index (κ1) is 17.1. The van der Waals surface area contributed by atoms with Crippen molar-refractivity contribution < 1.29 is 8.78 Å². The zero-order valence-corrected chi connectivity index (χ0v) is 16.1. The van der Waals surface area contributed by atoms with Gasteiger partial charge in [-0.1, -0.05) is 42.5 Å². The van der Waals surface area contributed by atoms with Crippen LogP contribution in [0, 0.1) is 11.9 Å². The van der Waals surface area contributed by atoms with Gasteiger partial charge in [-0.3, -0.25) is 4.57 Å². The Bertz CT molecular complexity index is 1520. The van der Waals surface area contributed by atoms with Crippen LogP contribution in [-0.4, -0.2) is 24.7 Å². The van der Waals surface area contributed by atoms with E-state index in [9.17, 15) is 8.78 Å². The smallest absolute Gasteiger partial charge is 0.269 e. The molecule has 144 valence electrons. The lowest BCUT2D eigenvalue weighted by Gasteiger charge is -2.10. The molecule has 0 amide bonds. The molecule has 6 aromatic rings. The van der Waals surface area contributed by atoms with Crippen LogP contribution in [0.15, 0.2) is 66.0 Å². The molecule has 0 saturated heterocycles. The first-order chi connectivity index (χ1) is 14.7. The number of thiophene rings is 1. The minimum absolute atomic E-state index is 0.152. The highest BCUT2D eigenvalue weighted by Gasteiger charge is 2.22. The van der Waals surface area contributed by atoms with Crippen molar-refractivity contribution in [2.45, 2.75) is 0 Å². The molecule has 0 aliphatic rings. The molecule has 0 aliphatic heterocycles. The average Bonchev–Trinajstić information content (AvgIpc) is 3.41. The Morgan fingerprint density at radius 3 is 1.97 bits per heavy atom. The van der Waals surface area contributed by atoms with Crippen molar-refractivity contribution >= 4 is 44.2 Å². The van der Waals surface area contributed by atoms with Crippen LogP contribution >= 0.6 is 11.3 Å². The van der Waals surface area contributed by atoms with Gasteiger partial charge in [-0.05, 0) is 23.6 Å². The third kappa shape index (κ3) is 2.37. The molecule has 4 heterocycles. The Labute approximate surface area is 172 Å². The highest BCUT2D eigenvalue weighted by molar-refractivity contribution is 7.13. The van der Waals surface area contributed by atoms with Crippen molar-refractivity contribution in [1.82, 2.24) is 24.7 Å². The van der Waals surface area contributed by atoms with Gasteiger partial charge in [-0.2, -0.15) is 8.78 Å². The Morgan fingerprint density at radius 1 is 0.700 bits per heavy atom. The molecule has 0 radical (unpaired) electrons. The second-order valence-electron chi connectivity index (χ2n) is 6.72. The van der Waals surface area contributed by atoms with Crippen LogP contribution in [0.25, 0.3) is 49.2 Å². The first-order valence-corrected chi connectivity index (χ1v) is 10.0. The number of hydrogen-bond acceptors (Lipinski definition) is 5. The van der Waals surface area contributed by atoms with Crippen LogP contribution in [0.5, 0.6) is 0 Å². The van der Waals surface area contributed by atoms with Crippen molar-refractivity contribution in [3.8, 4) is 16.4 Å². The highest BCUT2D eigenvalue weighted by Crippen LogP contribution is 2.35. The summed E-state index contributed by atoms with van der Waals surface area (Å²) in [6.07, 6.45) is 0. The molecule has 0 spiro atoms. The Kier molecular flexibility index (Phi) is 3.63. The van der Waals surface area contributed by atoms with Crippen molar-refractivity contribution in [3.63, 3.8) is 0 Å². The van der Waals surface area contributed by atoms with Gasteiger partial charge in [-0.15, -0.1) is 21.5 Å². The lowest BCUT2D eigenvalue weighted by Crippen LogP contribution is -2.07. The summed E-state index contributed by atoms with van der Waals surface area (Å²) in [5, 5.41) is 12.6. The molecular formula is C22H11F2N5S. The number of nitrogens with zero attached hydrogens (tertiary/aromatic N) is 5. The number of para-hydroxylation sites is 2. The maximum atomic E-state index is 14.2. The number of benzene rings is 2. The van der Waals surface area contributed by atoms with Crippen LogP contribution in [0.3, 0.4) is 0 Å². The number of halogens is 2. The lowest BCUT2D eigenvalue weighted by atomic mass is 10.2. The largest absolute Gasteiger partial charge is 0.290 e. The van der Waals surface area contributed by atoms with E-state index in [1.807, 2.05) is 70.6 Å². The summed E-state index contributed by atoms with van der Waals surface area (Å²) >= 11 is 1.42. The maximum Gasteiger partial charge on any atom is 0.269 e. The van der Waals surface area contributed by atoms with E-state index in [2.05, 4.69) is 20.2 Å². The summed E-state index contributed by atoms with van der Waals surface area (Å²) in [7, 11) is 0. The van der Waals surface area contributed by atoms with Gasteiger partial charge in [-0.25, -0.2) is 9.97 Å². The Balaban J connectivity index is 1.79. The van der Waals surface area contributed by atoms with Crippen LogP contribution in [-0.2, 0) is 0 Å². The predicted molar refractivity (Wildman–Crippen MR) is 113 cm³/mol. The van der Waals surface area contributed by atoms with Crippen LogP contribution in [0.1, 0.15) is 0 Å². The number of fused-ring (bicyclic) bond motifs is 4. The van der Waals surface area contributed by atoms with Crippen molar-refractivity contribution in [3.05, 3.63) is 77.9 Å². The Morgan fingerprint density at radius 2 is 1.33 bits per heavy atom. The van der Waals surface area contributed by atoms with E-state index < -0.39 is 11.9 Å². The van der Waals surface area contributed by atoms with E-state index >= 15 is 0 Å². The van der Waals surface area contributed by atoms with Gasteiger partial charge in [0.1, 0.15) is 16.7 Å². The molecule has 0 fully saturated rings. The SMILES string of the molecule is Fc1nc2c(-c3cccs3)nnc(-n3c4ccccc4c4ccccc43)c2nc1F. The summed E-state index contributed by atoms with van der Waals surface area (Å²) in [5.41, 5.74) is 2.42. The van der Waals surface area contributed by atoms with Gasteiger partial charge in [0.15, 0.2) is 5.82 Å². The second-order valence-corrected chi connectivity index (χ2v) is 7.67. The van der Waals surface area contributed by atoms with E-state index in [-0.39, 0.29) is 11.0 Å². The number of aromatic nitrogens is 5. The molecule has 0 bridgehead atoms. The van der Waals surface area contributed by atoms with Crippen molar-refractivity contribution in [1.29, 1.82) is 0 Å². The van der Waals surface area contributed by atoms with Crippen LogP contribution in [0.4, 0.5) is 8.78 Å². The van der Waals surface area contributed by atoms with Gasteiger partial charge in [0.05, 0.1) is 15.9 Å². The lowest BCUT2D eigenvalue weighted by molar-refractivity contribution is 0.459. The van der Waals surface area contributed by atoms with Gasteiger partial charge in [0.25, 0.3) is 11.9 Å². The summed E-state index contributed by atoms with van der Waals surface area (Å²) in [5.74, 6) is -2.23. The topological polar surface area (TPSA) is 56.5 Å². The molecule has 0 aliphatic carbocycles. The van der Waals surface area contributed by atoms with Crippen LogP contribution in [0.2, 0.25) is 0 Å². The second kappa shape index (κ2) is 6.36. The van der Waals surface area contributed by atoms with E-state index in [0.29, 0.717) is 11.5 Å². The van der Waals surface area contributed by atoms with Gasteiger partial charge in [0.2, 0.25) is 0 Å². The minimum Gasteiger partial charge on any atom is -0.290 e. The normalized spacial score (nSPS) is 11.7. The molecule has 2 aromatic carbocycles. The molecule has 30 heavy (non-hydrogen) atoms. The standard InChI is InChI=1S/C22H11F2N5S/c23-20-21(24)26-19-18(25-20)17(16-10-5-11-30-16)27-28-22(19)29-14-8-3-1-6-12(14)13-7-2-4-9-15(13)29/h1-11H. The zero-order chi connectivity index (χ0) is 20.2. The predicted octanol–water partition coefficient (Wildman–Crippen LogP) is 5.52. The van der Waals surface area contributed by atoms with E-state index in [1.165, 1.54) is 11.3 Å². The third-order valence-corrected chi connectivity index (χ3v) is 5.92. The van der Waals surface area contributed by atoms with E-state index in [4.69, 9.17) is 0 Å². The van der Waals surface area contributed by atoms with Crippen molar-refractivity contribution in [2.24, 2.45) is 0 Å². The maximum absolute atomic E-state index is 14.2. The third-order valence-electron chi connectivity index (χ3n) is 5.04. The zero-order valence-electron chi connectivity index (χ0n) is 15.3. The number of hydrogen-bond donors (Lipinski definition) is 0. The van der Waals surface area contributed by atoms with Crippen LogP contribution < -0.4 is 0 Å². The van der Waals surface area contributed by atoms with Gasteiger partial charge >= 0.3 is 0 Å². The Hall–Kier alpha value is -3.78. The average molecular weight is 415 g/mol. The molecule has 6 rings (SSSR count). The van der Waals surface area contributed by atoms with Gasteiger partial charge < -0.3 is 0 Å². The minimum atomic E-state index is -1.27. The highest BCUT2D eigenvalue weighted by atomic mass is 32.1. The fraction of sp³-hybridized carbons (Fsp3) is 0. The summed E-state index contributed by atoms with van der Waals surface area (Å²) in [4.78, 5) is 8.49. The summed E-state index contributed by atoms with van der Waals surface area (Å²) < 4.78 is 30.1. The first-order valence-electron chi connectivity index (χ1n) is 9.14. The fourth-order valence-corrected chi connectivity index (χ4v) is 4.50. The summed E-state index contributed by atoms with van der Waals surface area (Å²) in [6.45, 7) is 0. The summed E-state index contributed by atoms with van der Waals surface area (Å²) in [6, 6.07) is 19.3. The molecule has 0 saturated carbocycles. The molecule has 0 unspecified atom stereocenters. The van der Waals surface area contributed by atoms with Gasteiger partial charge in [0, 0.05) is 10.8 Å². The molecule has 8 heteroatoms. The molecule has 0 N–H and O–H groups in total. The monoisotopic (exact) mass is 415 g/mol. The van der Waals surface area contributed by atoms with E-state index in [1.54, 1.807) is 0 Å². The quantitative estimate of drug-likeness (QED) is 0.373. The molecule has 0 atom stereocenters. The van der Waals surface area contributed by atoms with E-state index in [0.717, 1.165) is 26.7 Å². The van der Waals surface area contributed by atoms with Crippen molar-refractivity contribution in [2.75, 3.05) is 0 Å². The molecule has 4 aromatic heterocycles. The molecule has 5 nitrogen and oxygen atoms in total. The molecular weight excluding hydrogens is 404 g/mol. The fourth-order valence-electron chi connectivity index (χ4n) is 3.79.